The summed E-state index contributed by atoms with van der Waals surface area (Å²) in [5.74, 6) is -0.542. The van der Waals surface area contributed by atoms with E-state index in [1.54, 1.807) is 0 Å². The molecule has 0 bridgehead atoms. The van der Waals surface area contributed by atoms with E-state index in [4.69, 9.17) is 18.9 Å². The molecule has 6 heteroatoms. The van der Waals surface area contributed by atoms with Crippen LogP contribution in [0.4, 0.5) is 0 Å². The molecule has 0 aromatic carbocycles. The highest BCUT2D eigenvalue weighted by Gasteiger charge is 2.56. The summed E-state index contributed by atoms with van der Waals surface area (Å²) in [6, 6.07) is 0.0978. The average molecular weight is 275 g/mol. The van der Waals surface area contributed by atoms with Gasteiger partial charge >= 0.3 is 0 Å². The van der Waals surface area contributed by atoms with Gasteiger partial charge in [-0.1, -0.05) is 0 Å². The molecule has 0 aromatic rings. The fraction of sp³-hybridized carbons (Fsp3) is 1.00. The number of rotatable bonds is 1. The Bertz CT molecular complexity index is 349. The highest BCUT2D eigenvalue weighted by Crippen LogP contribution is 2.39. The van der Waals surface area contributed by atoms with Crippen molar-refractivity contribution in [1.82, 2.24) is 5.32 Å². The minimum atomic E-state index is -0.542. The lowest BCUT2D eigenvalue weighted by Crippen LogP contribution is -2.42. The summed E-state index contributed by atoms with van der Waals surface area (Å²) in [6.07, 6.45) is -0.265. The molecular weight excluding hydrogens is 254 g/mol. The molecule has 18 heavy (non-hydrogen) atoms. The summed E-state index contributed by atoms with van der Waals surface area (Å²) in [7, 11) is 0. The van der Waals surface area contributed by atoms with Gasteiger partial charge in [0.2, 0.25) is 0 Å². The summed E-state index contributed by atoms with van der Waals surface area (Å²) < 4.78 is 23.4. The molecule has 3 fully saturated rings. The zero-order chi connectivity index (χ0) is 13.1. The number of fused-ring (bicyclic) bond motifs is 1. The number of ether oxygens (including phenoxy) is 4. The molecule has 0 radical (unpaired) electrons. The first kappa shape index (κ1) is 13.1. The van der Waals surface area contributed by atoms with Gasteiger partial charge in [0, 0.05) is 0 Å². The summed E-state index contributed by atoms with van der Waals surface area (Å²) in [5, 5.41) is 3.40. The molecule has 0 saturated carbocycles. The molecule has 0 spiro atoms. The minimum Gasteiger partial charge on any atom is -0.357 e. The second-order valence-corrected chi connectivity index (χ2v) is 6.63. The highest BCUT2D eigenvalue weighted by atomic mass is 32.1. The van der Waals surface area contributed by atoms with Crippen molar-refractivity contribution < 1.29 is 18.9 Å². The van der Waals surface area contributed by atoms with Crippen LogP contribution in [0.25, 0.3) is 0 Å². The predicted octanol–water partition coefficient (Wildman–Crippen LogP) is 0.886. The van der Waals surface area contributed by atoms with Crippen LogP contribution in [-0.4, -0.2) is 47.9 Å². The Morgan fingerprint density at radius 2 is 1.83 bits per heavy atom. The van der Waals surface area contributed by atoms with Crippen LogP contribution in [0, 0.1) is 0 Å². The first-order valence-corrected chi connectivity index (χ1v) is 6.90. The molecular formula is C12H21NO4S. The molecule has 1 N–H and O–H groups in total. The number of hydrogen-bond acceptors (Lipinski definition) is 6. The summed E-state index contributed by atoms with van der Waals surface area (Å²) in [6.45, 7) is 8.38. The molecule has 5 unspecified atom stereocenters. The van der Waals surface area contributed by atoms with Crippen molar-refractivity contribution in [3.63, 3.8) is 0 Å². The van der Waals surface area contributed by atoms with Crippen LogP contribution in [0.15, 0.2) is 0 Å². The lowest BCUT2D eigenvalue weighted by Gasteiger charge is -2.26. The van der Waals surface area contributed by atoms with E-state index in [1.807, 2.05) is 27.7 Å². The maximum absolute atomic E-state index is 6.02. The van der Waals surface area contributed by atoms with E-state index in [1.165, 1.54) is 0 Å². The summed E-state index contributed by atoms with van der Waals surface area (Å²) >= 11 is 4.48. The monoisotopic (exact) mass is 275 g/mol. The Labute approximate surface area is 113 Å². The van der Waals surface area contributed by atoms with Gasteiger partial charge < -0.3 is 18.9 Å². The van der Waals surface area contributed by atoms with Gasteiger partial charge in [0.1, 0.15) is 29.5 Å². The van der Waals surface area contributed by atoms with Crippen molar-refractivity contribution in [2.75, 3.05) is 6.61 Å². The van der Waals surface area contributed by atoms with Crippen molar-refractivity contribution in [3.05, 3.63) is 0 Å². The van der Waals surface area contributed by atoms with Crippen LogP contribution < -0.4 is 5.32 Å². The van der Waals surface area contributed by atoms with Crippen LogP contribution >= 0.6 is 12.6 Å². The minimum absolute atomic E-state index is 0.0370. The highest BCUT2D eigenvalue weighted by molar-refractivity contribution is 7.80. The molecule has 0 amide bonds. The van der Waals surface area contributed by atoms with Gasteiger partial charge in [-0.2, -0.15) is 0 Å². The number of nitrogens with one attached hydrogen (secondary N) is 1. The quantitative estimate of drug-likeness (QED) is 0.696. The summed E-state index contributed by atoms with van der Waals surface area (Å²) in [4.78, 5) is 0. The Morgan fingerprint density at radius 3 is 2.44 bits per heavy atom. The van der Waals surface area contributed by atoms with Gasteiger partial charge in [0.25, 0.3) is 0 Å². The van der Waals surface area contributed by atoms with Gasteiger partial charge in [0.15, 0.2) is 5.79 Å². The van der Waals surface area contributed by atoms with Crippen molar-refractivity contribution in [3.8, 4) is 0 Å². The average Bonchev–Trinajstić information content (AvgIpc) is 2.81. The molecule has 0 aliphatic carbocycles. The van der Waals surface area contributed by atoms with E-state index >= 15 is 0 Å². The molecule has 3 aliphatic heterocycles. The van der Waals surface area contributed by atoms with Gasteiger partial charge in [0.05, 0.1) is 12.6 Å². The van der Waals surface area contributed by atoms with Crippen LogP contribution in [0.1, 0.15) is 27.7 Å². The molecule has 5 atom stereocenters. The van der Waals surface area contributed by atoms with Crippen LogP contribution in [0.2, 0.25) is 0 Å². The molecule has 3 rings (SSSR count). The standard InChI is InChI=1S/C12H21NO4S/c1-11(2)13-7-9(17-11)8(15-10(7)18)6-5-14-12(3,4)16-6/h6-10,13,18H,5H2,1-4H3. The van der Waals surface area contributed by atoms with Crippen molar-refractivity contribution in [2.45, 2.75) is 69.0 Å². The first-order chi connectivity index (χ1) is 8.27. The Kier molecular flexibility index (Phi) is 2.97. The maximum atomic E-state index is 6.02. The van der Waals surface area contributed by atoms with Gasteiger partial charge in [-0.05, 0) is 27.7 Å². The Hall–Kier alpha value is 0.150. The maximum Gasteiger partial charge on any atom is 0.163 e. The van der Waals surface area contributed by atoms with Crippen molar-refractivity contribution in [2.24, 2.45) is 0 Å². The van der Waals surface area contributed by atoms with Gasteiger partial charge in [-0.15, -0.1) is 12.6 Å². The van der Waals surface area contributed by atoms with Crippen LogP contribution in [-0.2, 0) is 18.9 Å². The fourth-order valence-electron chi connectivity index (χ4n) is 2.94. The van der Waals surface area contributed by atoms with E-state index in [0.717, 1.165) is 0 Å². The number of thiol groups is 1. The molecule has 3 heterocycles. The van der Waals surface area contributed by atoms with Crippen molar-refractivity contribution in [1.29, 1.82) is 0 Å². The van der Waals surface area contributed by atoms with Crippen LogP contribution in [0.5, 0.6) is 0 Å². The third kappa shape index (κ3) is 2.19. The molecule has 5 nitrogen and oxygen atoms in total. The van der Waals surface area contributed by atoms with Crippen LogP contribution in [0.3, 0.4) is 0 Å². The lowest BCUT2D eigenvalue weighted by molar-refractivity contribution is -0.167. The van der Waals surface area contributed by atoms with E-state index in [2.05, 4.69) is 17.9 Å². The fourth-order valence-corrected chi connectivity index (χ4v) is 3.32. The third-order valence-corrected chi connectivity index (χ3v) is 4.07. The van der Waals surface area contributed by atoms with Gasteiger partial charge in [-0.25, -0.2) is 0 Å². The predicted molar refractivity (Wildman–Crippen MR) is 68.4 cm³/mol. The van der Waals surface area contributed by atoms with Crippen molar-refractivity contribution >= 4 is 12.6 Å². The second kappa shape index (κ2) is 4.07. The molecule has 3 aliphatic rings. The largest absolute Gasteiger partial charge is 0.357 e. The van der Waals surface area contributed by atoms with E-state index in [-0.39, 0.29) is 35.5 Å². The normalized spacial score (nSPS) is 49.5. The number of hydrogen-bond donors (Lipinski definition) is 2. The van der Waals surface area contributed by atoms with E-state index in [0.29, 0.717) is 6.61 Å². The summed E-state index contributed by atoms with van der Waals surface area (Å²) in [5.41, 5.74) is -0.512. The Morgan fingerprint density at radius 1 is 1.11 bits per heavy atom. The molecule has 3 saturated heterocycles. The third-order valence-electron chi connectivity index (χ3n) is 3.62. The topological polar surface area (TPSA) is 49.0 Å². The lowest BCUT2D eigenvalue weighted by atomic mass is 10.1. The zero-order valence-electron chi connectivity index (χ0n) is 11.2. The molecule has 104 valence electrons. The SMILES string of the molecule is CC1(C)NC2C(S)OC(C3COC(C)(C)O3)C2O1. The second-order valence-electron chi connectivity index (χ2n) is 6.12. The first-order valence-electron chi connectivity index (χ1n) is 6.38. The van der Waals surface area contributed by atoms with Gasteiger partial charge in [-0.3, -0.25) is 5.32 Å². The Balaban J connectivity index is 1.75. The smallest absolute Gasteiger partial charge is 0.163 e. The zero-order valence-corrected chi connectivity index (χ0v) is 12.1. The molecule has 0 aromatic heterocycles. The van der Waals surface area contributed by atoms with E-state index < -0.39 is 5.79 Å². The van der Waals surface area contributed by atoms with E-state index in [9.17, 15) is 0 Å².